The number of aromatic nitrogens is 3. The van der Waals surface area contributed by atoms with Gasteiger partial charge in [0, 0.05) is 29.0 Å². The van der Waals surface area contributed by atoms with Gasteiger partial charge in [0.25, 0.3) is 0 Å². The molecule has 0 amide bonds. The Hall–Kier alpha value is -3.47. The van der Waals surface area contributed by atoms with Crippen molar-refractivity contribution < 1.29 is 4.74 Å². The third-order valence-electron chi connectivity index (χ3n) is 4.10. The van der Waals surface area contributed by atoms with Crippen LogP contribution in [0.3, 0.4) is 0 Å². The average molecular weight is 342 g/mol. The molecule has 128 valence electrons. The van der Waals surface area contributed by atoms with Crippen molar-refractivity contribution in [2.45, 2.75) is 6.92 Å². The molecule has 0 atom stereocenters. The second kappa shape index (κ2) is 6.80. The van der Waals surface area contributed by atoms with Gasteiger partial charge in [-0.05, 0) is 55.0 Å². The van der Waals surface area contributed by atoms with E-state index < -0.39 is 0 Å². The quantitative estimate of drug-likeness (QED) is 0.580. The Kier molecular flexibility index (Phi) is 4.19. The highest BCUT2D eigenvalue weighted by Crippen LogP contribution is 2.30. The van der Waals surface area contributed by atoms with E-state index >= 15 is 0 Å². The van der Waals surface area contributed by atoms with E-state index in [0.717, 1.165) is 33.7 Å². The number of ether oxygens (including phenoxy) is 1. The Bertz CT molecular complexity index is 1060. The summed E-state index contributed by atoms with van der Waals surface area (Å²) in [6.45, 7) is 2.06. The predicted octanol–water partition coefficient (Wildman–Crippen LogP) is 4.75. The first-order valence-electron chi connectivity index (χ1n) is 8.33. The number of benzene rings is 2. The molecule has 0 aliphatic rings. The first-order chi connectivity index (χ1) is 12.7. The lowest BCUT2D eigenvalue weighted by molar-refractivity contribution is 0.415. The molecule has 5 heteroatoms. The SMILES string of the molecule is COc1ccc2nc(-c3cccnc3)nc(Nc3cccc(C)c3)c2c1. The van der Waals surface area contributed by atoms with Gasteiger partial charge in [0.2, 0.25) is 0 Å². The van der Waals surface area contributed by atoms with Gasteiger partial charge in [-0.2, -0.15) is 0 Å². The van der Waals surface area contributed by atoms with Crippen LogP contribution in [0, 0.1) is 6.92 Å². The van der Waals surface area contributed by atoms with E-state index in [1.807, 2.05) is 42.5 Å². The van der Waals surface area contributed by atoms with Gasteiger partial charge in [-0.15, -0.1) is 0 Å². The predicted molar refractivity (Wildman–Crippen MR) is 104 cm³/mol. The smallest absolute Gasteiger partial charge is 0.163 e. The number of pyridine rings is 1. The molecule has 0 fully saturated rings. The molecule has 2 heterocycles. The van der Waals surface area contributed by atoms with Crippen molar-refractivity contribution in [2.75, 3.05) is 12.4 Å². The third kappa shape index (κ3) is 3.19. The molecule has 0 spiro atoms. The van der Waals surface area contributed by atoms with E-state index in [2.05, 4.69) is 29.4 Å². The van der Waals surface area contributed by atoms with Gasteiger partial charge in [-0.25, -0.2) is 9.97 Å². The number of hydrogen-bond acceptors (Lipinski definition) is 5. The second-order valence-corrected chi connectivity index (χ2v) is 6.02. The maximum atomic E-state index is 5.37. The van der Waals surface area contributed by atoms with E-state index in [9.17, 15) is 0 Å². The fourth-order valence-corrected chi connectivity index (χ4v) is 2.81. The van der Waals surface area contributed by atoms with Gasteiger partial charge in [0.1, 0.15) is 11.6 Å². The second-order valence-electron chi connectivity index (χ2n) is 6.02. The van der Waals surface area contributed by atoms with Gasteiger partial charge in [-0.1, -0.05) is 12.1 Å². The summed E-state index contributed by atoms with van der Waals surface area (Å²) in [4.78, 5) is 13.6. The van der Waals surface area contributed by atoms with Crippen LogP contribution in [0.5, 0.6) is 5.75 Å². The summed E-state index contributed by atoms with van der Waals surface area (Å²) in [6, 6.07) is 17.8. The largest absolute Gasteiger partial charge is 0.497 e. The fourth-order valence-electron chi connectivity index (χ4n) is 2.81. The van der Waals surface area contributed by atoms with Gasteiger partial charge < -0.3 is 10.1 Å². The number of hydrogen-bond donors (Lipinski definition) is 1. The molecule has 26 heavy (non-hydrogen) atoms. The number of nitrogens with one attached hydrogen (secondary N) is 1. The van der Waals surface area contributed by atoms with Crippen molar-refractivity contribution >= 4 is 22.4 Å². The summed E-state index contributed by atoms with van der Waals surface area (Å²) in [5, 5.41) is 4.32. The minimum atomic E-state index is 0.630. The molecule has 2 aromatic heterocycles. The molecule has 0 aliphatic heterocycles. The minimum Gasteiger partial charge on any atom is -0.497 e. The van der Waals surface area contributed by atoms with Crippen LogP contribution in [0.25, 0.3) is 22.3 Å². The zero-order chi connectivity index (χ0) is 17.9. The van der Waals surface area contributed by atoms with Gasteiger partial charge in [-0.3, -0.25) is 4.98 Å². The summed E-state index contributed by atoms with van der Waals surface area (Å²) in [7, 11) is 1.65. The lowest BCUT2D eigenvalue weighted by Gasteiger charge is -2.12. The highest BCUT2D eigenvalue weighted by atomic mass is 16.5. The van der Waals surface area contributed by atoms with Crippen molar-refractivity contribution in [2.24, 2.45) is 0 Å². The molecule has 0 saturated carbocycles. The van der Waals surface area contributed by atoms with Crippen LogP contribution in [0.15, 0.2) is 67.0 Å². The Morgan fingerprint density at radius 1 is 0.962 bits per heavy atom. The molecule has 1 N–H and O–H groups in total. The number of rotatable bonds is 4. The monoisotopic (exact) mass is 342 g/mol. The van der Waals surface area contributed by atoms with E-state index in [1.165, 1.54) is 5.56 Å². The number of aryl methyl sites for hydroxylation is 1. The van der Waals surface area contributed by atoms with Crippen molar-refractivity contribution in [3.05, 3.63) is 72.6 Å². The van der Waals surface area contributed by atoms with Gasteiger partial charge >= 0.3 is 0 Å². The van der Waals surface area contributed by atoms with Crippen molar-refractivity contribution in [3.8, 4) is 17.1 Å². The summed E-state index contributed by atoms with van der Waals surface area (Å²) in [5.41, 5.74) is 3.87. The standard InChI is InChI=1S/C21H18N4O/c1-14-5-3-7-16(11-14)23-21-18-12-17(26-2)8-9-19(18)24-20(25-21)15-6-4-10-22-13-15/h3-13H,1-2H3,(H,23,24,25). The van der Waals surface area contributed by atoms with Crippen molar-refractivity contribution in [1.82, 2.24) is 15.0 Å². The molecule has 5 nitrogen and oxygen atoms in total. The number of anilines is 2. The Morgan fingerprint density at radius 3 is 2.65 bits per heavy atom. The van der Waals surface area contributed by atoms with Crippen LogP contribution < -0.4 is 10.1 Å². The Morgan fingerprint density at radius 2 is 1.88 bits per heavy atom. The normalized spacial score (nSPS) is 10.7. The minimum absolute atomic E-state index is 0.630. The molecule has 0 bridgehead atoms. The maximum absolute atomic E-state index is 5.37. The molecule has 4 aromatic rings. The fraction of sp³-hybridized carbons (Fsp3) is 0.0952. The van der Waals surface area contributed by atoms with E-state index in [1.54, 1.807) is 19.5 Å². The summed E-state index contributed by atoms with van der Waals surface area (Å²) in [6.07, 6.45) is 3.50. The van der Waals surface area contributed by atoms with Crippen LogP contribution >= 0.6 is 0 Å². The molecule has 4 rings (SSSR count). The third-order valence-corrected chi connectivity index (χ3v) is 4.10. The first kappa shape index (κ1) is 16.0. The number of fused-ring (bicyclic) bond motifs is 1. The molecule has 2 aromatic carbocycles. The zero-order valence-electron chi connectivity index (χ0n) is 14.6. The summed E-state index contributed by atoms with van der Waals surface area (Å²) >= 11 is 0. The van der Waals surface area contributed by atoms with E-state index in [0.29, 0.717) is 5.82 Å². The molecule has 0 aliphatic carbocycles. The van der Waals surface area contributed by atoms with Crippen LogP contribution in [0.2, 0.25) is 0 Å². The van der Waals surface area contributed by atoms with E-state index in [4.69, 9.17) is 14.7 Å². The van der Waals surface area contributed by atoms with Crippen LogP contribution in [0.4, 0.5) is 11.5 Å². The topological polar surface area (TPSA) is 59.9 Å². The number of methoxy groups -OCH3 is 1. The molecular weight excluding hydrogens is 324 g/mol. The number of nitrogens with zero attached hydrogens (tertiary/aromatic N) is 3. The lowest BCUT2D eigenvalue weighted by Crippen LogP contribution is -2.00. The zero-order valence-corrected chi connectivity index (χ0v) is 14.6. The first-order valence-corrected chi connectivity index (χ1v) is 8.33. The summed E-state index contributed by atoms with van der Waals surface area (Å²) < 4.78 is 5.37. The van der Waals surface area contributed by atoms with Gasteiger partial charge in [0.15, 0.2) is 5.82 Å². The van der Waals surface area contributed by atoms with Crippen molar-refractivity contribution in [3.63, 3.8) is 0 Å². The highest BCUT2D eigenvalue weighted by Gasteiger charge is 2.11. The Labute approximate surface area is 151 Å². The molecule has 0 saturated heterocycles. The van der Waals surface area contributed by atoms with Crippen LogP contribution in [-0.2, 0) is 0 Å². The van der Waals surface area contributed by atoms with Crippen LogP contribution in [0.1, 0.15) is 5.56 Å². The maximum Gasteiger partial charge on any atom is 0.163 e. The highest BCUT2D eigenvalue weighted by molar-refractivity contribution is 5.93. The van der Waals surface area contributed by atoms with Gasteiger partial charge in [0.05, 0.1) is 12.6 Å². The molecule has 0 unspecified atom stereocenters. The average Bonchev–Trinajstić information content (AvgIpc) is 2.68. The summed E-state index contributed by atoms with van der Waals surface area (Å²) in [5.74, 6) is 2.13. The lowest BCUT2D eigenvalue weighted by atomic mass is 10.2. The Balaban J connectivity index is 1.89. The van der Waals surface area contributed by atoms with E-state index in [-0.39, 0.29) is 0 Å². The molecule has 0 radical (unpaired) electrons. The van der Waals surface area contributed by atoms with Crippen LogP contribution in [-0.4, -0.2) is 22.1 Å². The molecular formula is C21H18N4O. The van der Waals surface area contributed by atoms with Crippen molar-refractivity contribution in [1.29, 1.82) is 0 Å².